The maximum atomic E-state index is 11.8. The Labute approximate surface area is 110 Å². The number of halogens is 1. The molecule has 1 atom stereocenters. The minimum Gasteiger partial charge on any atom is -0.477 e. The highest BCUT2D eigenvalue weighted by atomic mass is 79.9. The fourth-order valence-electron chi connectivity index (χ4n) is 1.33. The van der Waals surface area contributed by atoms with Crippen LogP contribution in [0.2, 0.25) is 0 Å². The highest BCUT2D eigenvalue weighted by Crippen LogP contribution is 2.21. The molecule has 8 heteroatoms. The number of carboxylic acid groups (broad SMARTS) is 1. The number of pyridine rings is 1. The number of anilines is 1. The van der Waals surface area contributed by atoms with E-state index in [0.29, 0.717) is 10.2 Å². The first-order valence-corrected chi connectivity index (χ1v) is 5.73. The molecule has 2 heterocycles. The van der Waals surface area contributed by atoms with Crippen LogP contribution < -0.4 is 5.32 Å². The van der Waals surface area contributed by atoms with Gasteiger partial charge in [0.25, 0.3) is 5.91 Å². The quantitative estimate of drug-likeness (QED) is 0.867. The van der Waals surface area contributed by atoms with E-state index in [4.69, 9.17) is 9.94 Å². The first-order chi connectivity index (χ1) is 8.58. The molecule has 1 amide bonds. The number of amides is 1. The number of carbonyl (C=O) groups is 2. The van der Waals surface area contributed by atoms with E-state index < -0.39 is 18.0 Å². The average Bonchev–Trinajstić information content (AvgIpc) is 2.81. The molecule has 0 aromatic carbocycles. The smallest absolute Gasteiger partial charge is 0.353 e. The molecule has 1 aliphatic rings. The van der Waals surface area contributed by atoms with E-state index in [2.05, 4.69) is 31.4 Å². The third kappa shape index (κ3) is 2.65. The number of oxime groups is 1. The van der Waals surface area contributed by atoms with Crippen LogP contribution in [0.15, 0.2) is 28.1 Å². The summed E-state index contributed by atoms with van der Waals surface area (Å²) < 4.78 is 0.621. The second-order valence-corrected chi connectivity index (χ2v) is 4.34. The molecule has 2 N–H and O–H groups in total. The average molecular weight is 314 g/mol. The molecule has 7 nitrogen and oxygen atoms in total. The summed E-state index contributed by atoms with van der Waals surface area (Å²) in [5, 5.41) is 14.6. The highest BCUT2D eigenvalue weighted by Gasteiger charge is 2.31. The predicted molar refractivity (Wildman–Crippen MR) is 65.1 cm³/mol. The van der Waals surface area contributed by atoms with Gasteiger partial charge in [0.15, 0.2) is 5.71 Å². The molecule has 1 aromatic rings. The predicted octanol–water partition coefficient (Wildman–Crippen LogP) is 1.01. The zero-order chi connectivity index (χ0) is 13.1. The summed E-state index contributed by atoms with van der Waals surface area (Å²) in [6.45, 7) is 0. The Morgan fingerprint density at radius 3 is 2.94 bits per heavy atom. The van der Waals surface area contributed by atoms with Gasteiger partial charge in [-0.2, -0.15) is 0 Å². The van der Waals surface area contributed by atoms with Crippen molar-refractivity contribution in [2.24, 2.45) is 5.16 Å². The first-order valence-electron chi connectivity index (χ1n) is 4.94. The van der Waals surface area contributed by atoms with E-state index in [0.717, 1.165) is 0 Å². The normalized spacial score (nSPS) is 17.8. The van der Waals surface area contributed by atoms with E-state index in [1.54, 1.807) is 6.07 Å². The Morgan fingerprint density at radius 1 is 1.56 bits per heavy atom. The lowest BCUT2D eigenvalue weighted by Crippen LogP contribution is -2.29. The molecule has 0 aliphatic carbocycles. The fourth-order valence-corrected chi connectivity index (χ4v) is 1.68. The molecule has 0 spiro atoms. The molecule has 0 saturated carbocycles. The Kier molecular flexibility index (Phi) is 3.56. The van der Waals surface area contributed by atoms with Crippen molar-refractivity contribution in [1.82, 2.24) is 4.98 Å². The number of rotatable bonds is 3. The highest BCUT2D eigenvalue weighted by molar-refractivity contribution is 9.10. The van der Waals surface area contributed by atoms with Crippen LogP contribution in [0.1, 0.15) is 6.42 Å². The zero-order valence-corrected chi connectivity index (χ0v) is 10.5. The van der Waals surface area contributed by atoms with E-state index in [1.807, 2.05) is 0 Å². The van der Waals surface area contributed by atoms with Crippen molar-refractivity contribution in [2.75, 3.05) is 5.32 Å². The summed E-state index contributed by atoms with van der Waals surface area (Å²) in [5.74, 6) is -1.64. The molecule has 2 rings (SSSR count). The van der Waals surface area contributed by atoms with Crippen LogP contribution in [0.3, 0.4) is 0 Å². The van der Waals surface area contributed by atoms with Gasteiger partial charge in [0.05, 0.1) is 10.2 Å². The fraction of sp³-hybridized carbons (Fsp3) is 0.200. The monoisotopic (exact) mass is 313 g/mol. The SMILES string of the molecule is O=C(O)C1=NOC(C(=O)Nc2ccncc2Br)C1. The molecule has 94 valence electrons. The van der Waals surface area contributed by atoms with Crippen LogP contribution in [-0.2, 0) is 14.4 Å². The Hall–Kier alpha value is -1.96. The van der Waals surface area contributed by atoms with Gasteiger partial charge >= 0.3 is 5.97 Å². The van der Waals surface area contributed by atoms with Gasteiger partial charge in [0.1, 0.15) is 0 Å². The Bertz CT molecular complexity index is 532. The van der Waals surface area contributed by atoms with Crippen LogP contribution in [-0.4, -0.2) is 33.8 Å². The number of hydrogen-bond acceptors (Lipinski definition) is 5. The maximum absolute atomic E-state index is 11.8. The molecule has 0 fully saturated rings. The number of nitrogens with zero attached hydrogens (tertiary/aromatic N) is 2. The number of carboxylic acids is 1. The minimum atomic E-state index is -1.18. The second kappa shape index (κ2) is 5.13. The lowest BCUT2D eigenvalue weighted by atomic mass is 10.1. The summed E-state index contributed by atoms with van der Waals surface area (Å²) in [5.41, 5.74) is 0.367. The van der Waals surface area contributed by atoms with Gasteiger partial charge in [-0.25, -0.2) is 4.79 Å². The number of aliphatic carboxylic acids is 1. The van der Waals surface area contributed by atoms with Gasteiger partial charge in [-0.05, 0) is 22.0 Å². The van der Waals surface area contributed by atoms with Gasteiger partial charge in [0.2, 0.25) is 6.10 Å². The van der Waals surface area contributed by atoms with Gasteiger partial charge in [-0.3, -0.25) is 9.78 Å². The van der Waals surface area contributed by atoms with E-state index in [1.165, 1.54) is 12.4 Å². The lowest BCUT2D eigenvalue weighted by Gasteiger charge is -2.10. The number of aromatic nitrogens is 1. The van der Waals surface area contributed by atoms with Gasteiger partial charge in [-0.1, -0.05) is 5.16 Å². The first kappa shape index (κ1) is 12.5. The van der Waals surface area contributed by atoms with Crippen molar-refractivity contribution >= 4 is 39.2 Å². The van der Waals surface area contributed by atoms with Crippen molar-refractivity contribution in [2.45, 2.75) is 12.5 Å². The summed E-state index contributed by atoms with van der Waals surface area (Å²) in [6.07, 6.45) is 2.08. The summed E-state index contributed by atoms with van der Waals surface area (Å²) in [4.78, 5) is 31.0. The van der Waals surface area contributed by atoms with Crippen molar-refractivity contribution in [3.63, 3.8) is 0 Å². The molecule has 0 radical (unpaired) electrons. The molecular formula is C10H8BrN3O4. The van der Waals surface area contributed by atoms with Crippen LogP contribution in [0, 0.1) is 0 Å². The summed E-state index contributed by atoms with van der Waals surface area (Å²) in [7, 11) is 0. The molecular weight excluding hydrogens is 306 g/mol. The van der Waals surface area contributed by atoms with E-state index in [9.17, 15) is 9.59 Å². The van der Waals surface area contributed by atoms with E-state index >= 15 is 0 Å². The Morgan fingerprint density at radius 2 is 2.33 bits per heavy atom. The second-order valence-electron chi connectivity index (χ2n) is 3.49. The third-order valence-electron chi connectivity index (χ3n) is 2.24. The van der Waals surface area contributed by atoms with Crippen LogP contribution >= 0.6 is 15.9 Å². The van der Waals surface area contributed by atoms with Crippen LogP contribution in [0.25, 0.3) is 0 Å². The number of hydrogen-bond donors (Lipinski definition) is 2. The molecule has 1 unspecified atom stereocenters. The summed E-state index contributed by atoms with van der Waals surface area (Å²) >= 11 is 3.23. The van der Waals surface area contributed by atoms with Crippen molar-refractivity contribution in [3.8, 4) is 0 Å². The Balaban J connectivity index is 1.99. The number of nitrogens with one attached hydrogen (secondary N) is 1. The molecule has 1 aliphatic heterocycles. The zero-order valence-electron chi connectivity index (χ0n) is 8.96. The van der Waals surface area contributed by atoms with Crippen molar-refractivity contribution in [1.29, 1.82) is 0 Å². The third-order valence-corrected chi connectivity index (χ3v) is 2.87. The largest absolute Gasteiger partial charge is 0.477 e. The summed E-state index contributed by atoms with van der Waals surface area (Å²) in [6, 6.07) is 1.61. The van der Waals surface area contributed by atoms with Crippen molar-refractivity contribution < 1.29 is 19.5 Å². The van der Waals surface area contributed by atoms with Gasteiger partial charge in [0, 0.05) is 18.8 Å². The molecule has 1 aromatic heterocycles. The standard InChI is InChI=1S/C10H8BrN3O4/c11-5-4-12-2-1-6(5)13-9(15)8-3-7(10(16)17)14-18-8/h1-2,4,8H,3H2,(H,16,17)(H,12,13,15). The topological polar surface area (TPSA) is 101 Å². The molecule has 0 saturated heterocycles. The van der Waals surface area contributed by atoms with E-state index in [-0.39, 0.29) is 12.1 Å². The molecule has 18 heavy (non-hydrogen) atoms. The van der Waals surface area contributed by atoms with Gasteiger partial charge < -0.3 is 15.3 Å². The lowest BCUT2D eigenvalue weighted by molar-refractivity contribution is -0.129. The van der Waals surface area contributed by atoms with Gasteiger partial charge in [-0.15, -0.1) is 0 Å². The maximum Gasteiger partial charge on any atom is 0.353 e. The van der Waals surface area contributed by atoms with Crippen molar-refractivity contribution in [3.05, 3.63) is 22.9 Å². The van der Waals surface area contributed by atoms with Crippen LogP contribution in [0.4, 0.5) is 5.69 Å². The molecule has 0 bridgehead atoms. The van der Waals surface area contributed by atoms with Crippen LogP contribution in [0.5, 0.6) is 0 Å². The number of carbonyl (C=O) groups excluding carboxylic acids is 1. The minimum absolute atomic E-state index is 0.0517.